The lowest BCUT2D eigenvalue weighted by atomic mass is 12.0. The predicted octanol–water partition coefficient (Wildman–Crippen LogP) is -0.570. The smallest absolute Gasteiger partial charge is 0.129 e. The molecule has 0 saturated heterocycles. The first-order valence-corrected chi connectivity index (χ1v) is 1.22. The van der Waals surface area contributed by atoms with Gasteiger partial charge in [-0.05, 0) is 0 Å². The van der Waals surface area contributed by atoms with E-state index in [0.717, 1.165) is 0 Å². The third-order valence-corrected chi connectivity index (χ3v) is 0. The monoisotopic (exact) mass is 82.0 g/mol. The van der Waals surface area contributed by atoms with Gasteiger partial charge in [0.2, 0.25) is 0 Å². The fourth-order valence-corrected chi connectivity index (χ4v) is 0. The van der Waals surface area contributed by atoms with Crippen molar-refractivity contribution >= 4 is 11.6 Å². The van der Waals surface area contributed by atoms with E-state index >= 15 is 0 Å². The van der Waals surface area contributed by atoms with E-state index in [4.69, 9.17) is 8.42 Å². The summed E-state index contributed by atoms with van der Waals surface area (Å²) in [5.41, 5.74) is 0. The maximum atomic E-state index is 8.40. The summed E-state index contributed by atoms with van der Waals surface area (Å²) in [7, 11) is 0. The normalized spacial score (nSPS) is 4.00. The molecule has 0 bridgehead atoms. The maximum Gasteiger partial charge on any atom is 0.129 e. The third kappa shape index (κ3) is 704. The molecule has 0 heterocycles. The van der Waals surface area contributed by atoms with E-state index in [1.807, 2.05) is 0 Å². The summed E-state index contributed by atoms with van der Waals surface area (Å²) in [4.78, 5) is 0. The molecule has 0 aliphatic heterocycles. The first-order valence-electron chi connectivity index (χ1n) is 0.408. The molecule has 0 aromatic heterocycles. The van der Waals surface area contributed by atoms with E-state index in [-0.39, 0.29) is 7.43 Å². The van der Waals surface area contributed by atoms with E-state index in [1.54, 1.807) is 0 Å². The average Bonchev–Trinajstić information content (AvgIpc) is 0.918. The molecule has 28 valence electrons. The van der Waals surface area contributed by atoms with Gasteiger partial charge in [0.25, 0.3) is 0 Å². The molecule has 0 N–H and O–H groups in total. The Balaban J connectivity index is 0. The van der Waals surface area contributed by atoms with Crippen LogP contribution in [0.4, 0.5) is 0 Å². The molecule has 0 saturated carbocycles. The average molecular weight is 82.1 g/mol. The highest BCUT2D eigenvalue weighted by atomic mass is 32.1. The highest BCUT2D eigenvalue weighted by Crippen LogP contribution is 0.846. The summed E-state index contributed by atoms with van der Waals surface area (Å²) in [5.74, 6) is 0. The van der Waals surface area contributed by atoms with Gasteiger partial charge in [0, 0.05) is 0 Å². The fraction of sp³-hybridized carbons (Fsp3) is 1.00. The summed E-state index contributed by atoms with van der Waals surface area (Å²) >= 11 is -1.42. The van der Waals surface area contributed by atoms with Gasteiger partial charge in [-0.2, -0.15) is 0 Å². The van der Waals surface area contributed by atoms with Crippen LogP contribution in [0.25, 0.3) is 0 Å². The second-order valence-electron chi connectivity index (χ2n) is 0.0833. The molecule has 0 aliphatic rings. The first-order chi connectivity index (χ1) is 1.41. The topological polar surface area (TPSA) is 34.1 Å². The minimum Gasteiger partial charge on any atom is -0.235 e. The molecule has 0 radical (unpaired) electrons. The molecule has 3 heteroatoms. The van der Waals surface area contributed by atoms with Crippen LogP contribution in [0.15, 0.2) is 0 Å². The Labute approximate surface area is 28.4 Å². The van der Waals surface area contributed by atoms with Crippen LogP contribution >= 0.6 is 0 Å². The van der Waals surface area contributed by atoms with Crippen molar-refractivity contribution in [2.45, 2.75) is 7.43 Å². The van der Waals surface area contributed by atoms with Gasteiger partial charge in [-0.25, -0.2) is 8.42 Å². The first kappa shape index (κ1) is 9.04. The van der Waals surface area contributed by atoms with Crippen molar-refractivity contribution in [2.24, 2.45) is 0 Å². The number of hydrogen-bond donors (Lipinski definition) is 0. The van der Waals surface area contributed by atoms with Crippen LogP contribution in [0.2, 0.25) is 0 Å². The zero-order valence-electron chi connectivity index (χ0n) is 1.32. The molecule has 0 rings (SSSR count). The Morgan fingerprint density at radius 2 is 1.25 bits per heavy atom. The van der Waals surface area contributed by atoms with Gasteiger partial charge in [0.15, 0.2) is 0 Å². The highest BCUT2D eigenvalue weighted by Gasteiger charge is 0.964. The standard InChI is InChI=1S/CH4.H2O2S/c;1-3-2/h1H4;3H2. The Morgan fingerprint density at radius 1 is 1.25 bits per heavy atom. The van der Waals surface area contributed by atoms with Crippen LogP contribution in [0.5, 0.6) is 0 Å². The minimum absolute atomic E-state index is 0. The third-order valence-electron chi connectivity index (χ3n) is 0. The summed E-state index contributed by atoms with van der Waals surface area (Å²) < 4.78 is 16.8. The van der Waals surface area contributed by atoms with Crippen molar-refractivity contribution in [1.82, 2.24) is 0 Å². The van der Waals surface area contributed by atoms with Crippen LogP contribution in [0.3, 0.4) is 0 Å². The van der Waals surface area contributed by atoms with Gasteiger partial charge < -0.3 is 0 Å². The largest absolute Gasteiger partial charge is 0.235 e. The van der Waals surface area contributed by atoms with Crippen molar-refractivity contribution in [2.75, 3.05) is 0 Å². The molecule has 0 fully saturated rings. The second-order valence-corrected chi connectivity index (χ2v) is 0.250. The zero-order valence-corrected chi connectivity index (χ0v) is 2.32. The molecule has 0 aromatic carbocycles. The number of rotatable bonds is 0. The fourth-order valence-electron chi connectivity index (χ4n) is 0. The van der Waals surface area contributed by atoms with Crippen molar-refractivity contribution in [3.8, 4) is 0 Å². The van der Waals surface area contributed by atoms with E-state index < -0.39 is 11.6 Å². The molecular formula is CH6O2S. The SMILES string of the molecule is C.O=[SH2]=O. The maximum absolute atomic E-state index is 8.40. The Morgan fingerprint density at radius 3 is 1.25 bits per heavy atom. The van der Waals surface area contributed by atoms with E-state index in [1.165, 1.54) is 0 Å². The predicted molar refractivity (Wildman–Crippen MR) is 18.4 cm³/mol. The lowest BCUT2D eigenvalue weighted by Crippen LogP contribution is -1.18. The van der Waals surface area contributed by atoms with Gasteiger partial charge in [-0.3, -0.25) is 0 Å². The van der Waals surface area contributed by atoms with Gasteiger partial charge in [0.1, 0.15) is 11.6 Å². The van der Waals surface area contributed by atoms with Crippen LogP contribution in [-0.2, 0) is 11.6 Å². The molecule has 0 atom stereocenters. The quantitative estimate of drug-likeness (QED) is 0.392. The van der Waals surface area contributed by atoms with E-state index in [0.29, 0.717) is 0 Å². The lowest BCUT2D eigenvalue weighted by Gasteiger charge is -1.07. The summed E-state index contributed by atoms with van der Waals surface area (Å²) in [6.07, 6.45) is 0. The van der Waals surface area contributed by atoms with E-state index in [9.17, 15) is 0 Å². The summed E-state index contributed by atoms with van der Waals surface area (Å²) in [6, 6.07) is 0. The minimum atomic E-state index is -1.42. The molecule has 2 nitrogen and oxygen atoms in total. The van der Waals surface area contributed by atoms with Crippen molar-refractivity contribution < 1.29 is 8.42 Å². The molecule has 4 heavy (non-hydrogen) atoms. The summed E-state index contributed by atoms with van der Waals surface area (Å²) in [5, 5.41) is 0. The molecule has 0 aliphatic carbocycles. The number of hydrogen-bond acceptors (Lipinski definition) is 2. The molecular weight excluding hydrogens is 76.1 g/mol. The lowest BCUT2D eigenvalue weighted by molar-refractivity contribution is 0.630. The molecule has 0 aromatic rings. The van der Waals surface area contributed by atoms with Crippen LogP contribution in [0, 0.1) is 0 Å². The van der Waals surface area contributed by atoms with Crippen molar-refractivity contribution in [3.63, 3.8) is 0 Å². The molecule has 0 amide bonds. The van der Waals surface area contributed by atoms with Crippen molar-refractivity contribution in [3.05, 3.63) is 0 Å². The summed E-state index contributed by atoms with van der Waals surface area (Å²) in [6.45, 7) is 0. The highest BCUT2D eigenvalue weighted by molar-refractivity contribution is 7.51. The Kier molecular flexibility index (Phi) is 28.1. The Bertz CT molecular complexity index is 27.0. The van der Waals surface area contributed by atoms with Crippen LogP contribution in [0.1, 0.15) is 7.43 Å². The van der Waals surface area contributed by atoms with Crippen molar-refractivity contribution in [1.29, 1.82) is 0 Å². The van der Waals surface area contributed by atoms with Gasteiger partial charge in [-0.15, -0.1) is 0 Å². The van der Waals surface area contributed by atoms with Gasteiger partial charge in [-0.1, -0.05) is 7.43 Å². The molecule has 0 unspecified atom stereocenters. The second kappa shape index (κ2) is 12.4. The molecule has 0 spiro atoms. The van der Waals surface area contributed by atoms with Crippen LogP contribution in [-0.4, -0.2) is 8.42 Å². The van der Waals surface area contributed by atoms with Gasteiger partial charge in [0.05, 0.1) is 0 Å². The van der Waals surface area contributed by atoms with E-state index in [2.05, 4.69) is 0 Å². The Hall–Kier alpha value is -0.0500. The van der Waals surface area contributed by atoms with Gasteiger partial charge >= 0.3 is 0 Å². The van der Waals surface area contributed by atoms with Crippen LogP contribution < -0.4 is 0 Å². The zero-order chi connectivity index (χ0) is 2.71.